The maximum absolute atomic E-state index is 5.92. The molecule has 0 aromatic carbocycles. The second-order valence-corrected chi connectivity index (χ2v) is 6.23. The Kier molecular flexibility index (Phi) is 2.98. The summed E-state index contributed by atoms with van der Waals surface area (Å²) < 4.78 is 2.04. The molecule has 0 spiro atoms. The molecular weight excluding hydrogens is 204 g/mol. The lowest BCUT2D eigenvalue weighted by molar-refractivity contribution is 0.687. The predicted octanol–water partition coefficient (Wildman–Crippen LogP) is 3.27. The molecule has 1 rings (SSSR count). The topological polar surface area (TPSA) is 17.8 Å². The fourth-order valence-electron chi connectivity index (χ4n) is 1.02. The van der Waals surface area contributed by atoms with Crippen molar-refractivity contribution in [2.45, 2.75) is 37.5 Å². The molecule has 0 N–H and O–H groups in total. The largest absolute Gasteiger partial charge is 0.260 e. The number of hydrogen-bond acceptors (Lipinski definition) is 2. The van der Waals surface area contributed by atoms with Crippen molar-refractivity contribution in [1.82, 2.24) is 9.78 Å². The summed E-state index contributed by atoms with van der Waals surface area (Å²) in [5.41, 5.74) is 1.07. The molecule has 0 aliphatic heterocycles. The van der Waals surface area contributed by atoms with Gasteiger partial charge >= 0.3 is 0 Å². The maximum atomic E-state index is 5.92. The van der Waals surface area contributed by atoms with Crippen LogP contribution in [0.25, 0.3) is 0 Å². The Bertz CT molecular complexity index is 312. The highest BCUT2D eigenvalue weighted by molar-refractivity contribution is 8.00. The highest BCUT2D eigenvalue weighted by Crippen LogP contribution is 2.35. The summed E-state index contributed by atoms with van der Waals surface area (Å²) in [7, 11) is 1.92. The molecular formula is C9H15ClN2S. The normalized spacial score (nSPS) is 12.2. The van der Waals surface area contributed by atoms with E-state index in [0.717, 1.165) is 10.6 Å². The van der Waals surface area contributed by atoms with Crippen molar-refractivity contribution in [3.8, 4) is 0 Å². The number of nitrogens with zero attached hydrogens (tertiary/aromatic N) is 2. The molecule has 0 saturated heterocycles. The summed E-state index contributed by atoms with van der Waals surface area (Å²) in [5, 5.41) is 5.91. The second kappa shape index (κ2) is 3.54. The standard InChI is InChI=1S/C9H15ClN2S/c1-6-7(10)11-12(5)8(6)13-9(2,3)4/h1-5H3. The summed E-state index contributed by atoms with van der Waals surface area (Å²) in [6.07, 6.45) is 0. The van der Waals surface area contributed by atoms with E-state index in [2.05, 4.69) is 25.9 Å². The van der Waals surface area contributed by atoms with Crippen molar-refractivity contribution < 1.29 is 0 Å². The van der Waals surface area contributed by atoms with Crippen LogP contribution in [0.3, 0.4) is 0 Å². The molecule has 1 aromatic rings. The molecule has 1 heterocycles. The predicted molar refractivity (Wildman–Crippen MR) is 58.6 cm³/mol. The van der Waals surface area contributed by atoms with Gasteiger partial charge in [-0.15, -0.1) is 11.8 Å². The minimum absolute atomic E-state index is 0.196. The monoisotopic (exact) mass is 218 g/mol. The van der Waals surface area contributed by atoms with Crippen LogP contribution in [0.4, 0.5) is 0 Å². The van der Waals surface area contributed by atoms with E-state index in [-0.39, 0.29) is 4.75 Å². The van der Waals surface area contributed by atoms with E-state index < -0.39 is 0 Å². The highest BCUT2D eigenvalue weighted by Gasteiger charge is 2.18. The van der Waals surface area contributed by atoms with Gasteiger partial charge in [-0.1, -0.05) is 32.4 Å². The smallest absolute Gasteiger partial charge is 0.155 e. The van der Waals surface area contributed by atoms with Crippen LogP contribution in [-0.2, 0) is 7.05 Å². The molecule has 0 amide bonds. The van der Waals surface area contributed by atoms with Gasteiger partial charge in [-0.25, -0.2) is 0 Å². The van der Waals surface area contributed by atoms with Gasteiger partial charge < -0.3 is 0 Å². The summed E-state index contributed by atoms with van der Waals surface area (Å²) in [6, 6.07) is 0. The fourth-order valence-corrected chi connectivity index (χ4v) is 2.28. The first-order valence-corrected chi connectivity index (χ1v) is 5.39. The summed E-state index contributed by atoms with van der Waals surface area (Å²) in [6.45, 7) is 8.54. The van der Waals surface area contributed by atoms with Crippen LogP contribution in [0.15, 0.2) is 5.03 Å². The Morgan fingerprint density at radius 3 is 2.23 bits per heavy atom. The average Bonchev–Trinajstić information content (AvgIpc) is 2.14. The zero-order valence-corrected chi connectivity index (χ0v) is 10.3. The van der Waals surface area contributed by atoms with E-state index in [1.54, 1.807) is 11.8 Å². The Morgan fingerprint density at radius 1 is 1.38 bits per heavy atom. The van der Waals surface area contributed by atoms with Gasteiger partial charge in [0.15, 0.2) is 5.15 Å². The molecule has 1 aromatic heterocycles. The zero-order valence-electron chi connectivity index (χ0n) is 8.68. The van der Waals surface area contributed by atoms with E-state index in [1.807, 2.05) is 18.7 Å². The molecule has 4 heteroatoms. The van der Waals surface area contributed by atoms with E-state index in [0.29, 0.717) is 5.15 Å². The highest BCUT2D eigenvalue weighted by atomic mass is 35.5. The summed E-state index contributed by atoms with van der Waals surface area (Å²) in [4.78, 5) is 0. The van der Waals surface area contributed by atoms with E-state index >= 15 is 0 Å². The number of rotatable bonds is 1. The number of aryl methyl sites for hydroxylation is 1. The van der Waals surface area contributed by atoms with E-state index in [9.17, 15) is 0 Å². The maximum Gasteiger partial charge on any atom is 0.155 e. The summed E-state index contributed by atoms with van der Waals surface area (Å²) >= 11 is 7.71. The lowest BCUT2D eigenvalue weighted by Crippen LogP contribution is -2.09. The minimum atomic E-state index is 0.196. The Balaban J connectivity index is 3.01. The van der Waals surface area contributed by atoms with Crippen molar-refractivity contribution in [2.24, 2.45) is 7.05 Å². The number of aromatic nitrogens is 2. The van der Waals surface area contributed by atoms with Crippen LogP contribution in [0.1, 0.15) is 26.3 Å². The molecule has 0 fully saturated rings. The van der Waals surface area contributed by atoms with Crippen molar-refractivity contribution in [2.75, 3.05) is 0 Å². The molecule has 0 aliphatic rings. The van der Waals surface area contributed by atoms with Gasteiger partial charge in [0, 0.05) is 17.4 Å². The molecule has 0 unspecified atom stereocenters. The molecule has 0 bridgehead atoms. The van der Waals surface area contributed by atoms with Crippen molar-refractivity contribution in [3.05, 3.63) is 10.7 Å². The van der Waals surface area contributed by atoms with Gasteiger partial charge in [0.2, 0.25) is 0 Å². The van der Waals surface area contributed by atoms with Gasteiger partial charge in [-0.3, -0.25) is 4.68 Å². The molecule has 2 nitrogen and oxygen atoms in total. The quantitative estimate of drug-likeness (QED) is 0.674. The van der Waals surface area contributed by atoms with Crippen LogP contribution in [-0.4, -0.2) is 14.5 Å². The lowest BCUT2D eigenvalue weighted by atomic mass is 10.3. The molecule has 74 valence electrons. The van der Waals surface area contributed by atoms with E-state index in [4.69, 9.17) is 11.6 Å². The van der Waals surface area contributed by atoms with Crippen LogP contribution in [0.2, 0.25) is 5.15 Å². The number of hydrogen-bond donors (Lipinski definition) is 0. The first-order chi connectivity index (χ1) is 5.81. The van der Waals surface area contributed by atoms with Crippen LogP contribution in [0, 0.1) is 6.92 Å². The molecule has 0 atom stereocenters. The summed E-state index contributed by atoms with van der Waals surface area (Å²) in [5.74, 6) is 0. The minimum Gasteiger partial charge on any atom is -0.260 e. The van der Waals surface area contributed by atoms with Gasteiger partial charge in [0.25, 0.3) is 0 Å². The second-order valence-electron chi connectivity index (χ2n) is 4.06. The molecule has 13 heavy (non-hydrogen) atoms. The third-order valence-electron chi connectivity index (χ3n) is 1.56. The van der Waals surface area contributed by atoms with Crippen molar-refractivity contribution >= 4 is 23.4 Å². The Hall–Kier alpha value is -0.150. The Labute approximate surface area is 88.7 Å². The lowest BCUT2D eigenvalue weighted by Gasteiger charge is -2.17. The van der Waals surface area contributed by atoms with Gasteiger partial charge in [0.1, 0.15) is 0 Å². The van der Waals surface area contributed by atoms with Crippen molar-refractivity contribution in [1.29, 1.82) is 0 Å². The van der Waals surface area contributed by atoms with Gasteiger partial charge in [0.05, 0.1) is 5.03 Å². The van der Waals surface area contributed by atoms with Gasteiger partial charge in [-0.2, -0.15) is 5.10 Å². The molecule has 0 aliphatic carbocycles. The van der Waals surface area contributed by atoms with E-state index in [1.165, 1.54) is 0 Å². The first kappa shape index (κ1) is 10.9. The molecule has 0 saturated carbocycles. The van der Waals surface area contributed by atoms with Crippen molar-refractivity contribution in [3.63, 3.8) is 0 Å². The van der Waals surface area contributed by atoms with Gasteiger partial charge in [-0.05, 0) is 6.92 Å². The van der Waals surface area contributed by atoms with Crippen LogP contribution < -0.4 is 0 Å². The third kappa shape index (κ3) is 2.64. The fraction of sp³-hybridized carbons (Fsp3) is 0.667. The molecule has 0 radical (unpaired) electrons. The first-order valence-electron chi connectivity index (χ1n) is 4.19. The van der Waals surface area contributed by atoms with Crippen LogP contribution in [0.5, 0.6) is 0 Å². The van der Waals surface area contributed by atoms with Crippen LogP contribution >= 0.6 is 23.4 Å². The number of thioether (sulfide) groups is 1. The third-order valence-corrected chi connectivity index (χ3v) is 3.30. The zero-order chi connectivity index (χ0) is 10.2. The Morgan fingerprint density at radius 2 is 1.92 bits per heavy atom. The average molecular weight is 219 g/mol. The number of halogens is 1. The SMILES string of the molecule is Cc1c(Cl)nn(C)c1SC(C)(C)C.